The Balaban J connectivity index is 1.25. The zero-order chi connectivity index (χ0) is 20.6. The van der Waals surface area contributed by atoms with E-state index in [4.69, 9.17) is 0 Å². The first-order valence-electron chi connectivity index (χ1n) is 10.2. The molecular formula is C24H25N5O. The van der Waals surface area contributed by atoms with E-state index in [0.717, 1.165) is 24.8 Å². The summed E-state index contributed by atoms with van der Waals surface area (Å²) in [5.41, 5.74) is 4.02. The summed E-state index contributed by atoms with van der Waals surface area (Å²) >= 11 is 0. The number of aromatic amines is 1. The van der Waals surface area contributed by atoms with Crippen LogP contribution in [-0.4, -0.2) is 33.9 Å². The van der Waals surface area contributed by atoms with Gasteiger partial charge in [0.25, 0.3) is 5.91 Å². The summed E-state index contributed by atoms with van der Waals surface area (Å²) in [5, 5.41) is 7.38. The lowest BCUT2D eigenvalue weighted by Gasteiger charge is -2.07. The van der Waals surface area contributed by atoms with Crippen LogP contribution in [0.2, 0.25) is 0 Å². The first-order chi connectivity index (χ1) is 14.8. The predicted octanol–water partition coefficient (Wildman–Crippen LogP) is 3.98. The minimum Gasteiger partial charge on any atom is -0.361 e. The molecule has 0 radical (unpaired) electrons. The third kappa shape index (κ3) is 5.03. The first-order valence-corrected chi connectivity index (χ1v) is 10.2. The summed E-state index contributed by atoms with van der Waals surface area (Å²) in [6, 6.07) is 20.1. The first kappa shape index (κ1) is 19.6. The molecule has 1 amide bonds. The fourth-order valence-electron chi connectivity index (χ4n) is 3.45. The standard InChI is InChI=1S/C24H25N5O/c30-23(25-14-6-9-18-7-2-1-3-8-18)22-13-16-27-24(29-22)26-15-12-19-17-28-21-11-5-4-10-20(19)21/h1-5,7-8,10-11,13,16-17,28H,6,9,12,14-15H2,(H,25,30)(H,26,27,29). The van der Waals surface area contributed by atoms with Crippen molar-refractivity contribution in [2.24, 2.45) is 0 Å². The van der Waals surface area contributed by atoms with E-state index in [1.165, 1.54) is 16.5 Å². The number of H-pyrrole nitrogens is 1. The number of anilines is 1. The van der Waals surface area contributed by atoms with Crippen LogP contribution in [0.1, 0.15) is 28.0 Å². The van der Waals surface area contributed by atoms with Crippen molar-refractivity contribution in [1.29, 1.82) is 0 Å². The molecule has 0 spiro atoms. The molecule has 6 heteroatoms. The number of fused-ring (bicyclic) bond motifs is 1. The molecule has 0 saturated heterocycles. The molecule has 3 N–H and O–H groups in total. The van der Waals surface area contributed by atoms with E-state index in [1.807, 2.05) is 36.5 Å². The molecule has 0 aliphatic heterocycles. The fraction of sp³-hybridized carbons (Fsp3) is 0.208. The largest absolute Gasteiger partial charge is 0.361 e. The highest BCUT2D eigenvalue weighted by atomic mass is 16.1. The summed E-state index contributed by atoms with van der Waals surface area (Å²) in [6.45, 7) is 1.30. The summed E-state index contributed by atoms with van der Waals surface area (Å²) in [6.07, 6.45) is 6.30. The number of aryl methyl sites for hydroxylation is 1. The molecule has 0 bridgehead atoms. The zero-order valence-electron chi connectivity index (χ0n) is 16.8. The van der Waals surface area contributed by atoms with Crippen molar-refractivity contribution >= 4 is 22.8 Å². The lowest BCUT2D eigenvalue weighted by molar-refractivity contribution is 0.0948. The van der Waals surface area contributed by atoms with E-state index in [1.54, 1.807) is 12.3 Å². The van der Waals surface area contributed by atoms with Crippen molar-refractivity contribution in [3.63, 3.8) is 0 Å². The summed E-state index contributed by atoms with van der Waals surface area (Å²) in [5.74, 6) is 0.289. The summed E-state index contributed by atoms with van der Waals surface area (Å²) in [4.78, 5) is 24.2. The van der Waals surface area contributed by atoms with E-state index < -0.39 is 0 Å². The Morgan fingerprint density at radius 1 is 0.933 bits per heavy atom. The molecule has 0 atom stereocenters. The molecule has 152 valence electrons. The molecule has 2 heterocycles. The van der Waals surface area contributed by atoms with Gasteiger partial charge >= 0.3 is 0 Å². The van der Waals surface area contributed by atoms with Crippen LogP contribution >= 0.6 is 0 Å². The van der Waals surface area contributed by atoms with Gasteiger partial charge in [-0.3, -0.25) is 4.79 Å². The van der Waals surface area contributed by atoms with Crippen LogP contribution in [0.15, 0.2) is 73.1 Å². The van der Waals surface area contributed by atoms with E-state index in [2.05, 4.69) is 49.9 Å². The molecule has 0 unspecified atom stereocenters. The third-order valence-electron chi connectivity index (χ3n) is 5.01. The molecule has 2 aromatic heterocycles. The van der Waals surface area contributed by atoms with Crippen LogP contribution in [0, 0.1) is 0 Å². The van der Waals surface area contributed by atoms with Crippen LogP contribution in [-0.2, 0) is 12.8 Å². The number of hydrogen-bond acceptors (Lipinski definition) is 4. The Morgan fingerprint density at radius 3 is 2.67 bits per heavy atom. The maximum absolute atomic E-state index is 12.4. The van der Waals surface area contributed by atoms with Gasteiger partial charge in [0.2, 0.25) is 5.95 Å². The molecule has 0 aliphatic rings. The highest BCUT2D eigenvalue weighted by Gasteiger charge is 2.09. The second-order valence-electron chi connectivity index (χ2n) is 7.15. The fourth-order valence-corrected chi connectivity index (χ4v) is 3.45. The molecule has 0 fully saturated rings. The van der Waals surface area contributed by atoms with Gasteiger partial charge in [-0.2, -0.15) is 0 Å². The average Bonchev–Trinajstić information content (AvgIpc) is 3.21. The number of benzene rings is 2. The van der Waals surface area contributed by atoms with Crippen LogP contribution in [0.3, 0.4) is 0 Å². The molecular weight excluding hydrogens is 374 g/mol. The van der Waals surface area contributed by atoms with Gasteiger partial charge in [0, 0.05) is 36.4 Å². The van der Waals surface area contributed by atoms with Gasteiger partial charge in [-0.25, -0.2) is 9.97 Å². The molecule has 4 rings (SSSR count). The normalized spacial score (nSPS) is 10.8. The summed E-state index contributed by atoms with van der Waals surface area (Å²) in [7, 11) is 0. The van der Waals surface area contributed by atoms with Crippen LogP contribution in [0.4, 0.5) is 5.95 Å². The number of carbonyl (C=O) groups is 1. The number of nitrogens with one attached hydrogen (secondary N) is 3. The Bertz CT molecular complexity index is 1110. The Labute approximate surface area is 175 Å². The van der Waals surface area contributed by atoms with Crippen molar-refractivity contribution in [2.75, 3.05) is 18.4 Å². The SMILES string of the molecule is O=C(NCCCc1ccccc1)c1ccnc(NCCc2c[nH]c3ccccc23)n1. The minimum absolute atomic E-state index is 0.176. The van der Waals surface area contributed by atoms with Crippen molar-refractivity contribution in [3.8, 4) is 0 Å². The number of rotatable bonds is 9. The van der Waals surface area contributed by atoms with Crippen molar-refractivity contribution in [1.82, 2.24) is 20.3 Å². The Morgan fingerprint density at radius 2 is 1.77 bits per heavy atom. The third-order valence-corrected chi connectivity index (χ3v) is 5.01. The van der Waals surface area contributed by atoms with E-state index in [0.29, 0.717) is 24.7 Å². The molecule has 30 heavy (non-hydrogen) atoms. The van der Waals surface area contributed by atoms with Gasteiger partial charge in [0.05, 0.1) is 0 Å². The minimum atomic E-state index is -0.176. The highest BCUT2D eigenvalue weighted by Crippen LogP contribution is 2.18. The van der Waals surface area contributed by atoms with Crippen LogP contribution in [0.25, 0.3) is 10.9 Å². The number of nitrogens with zero attached hydrogens (tertiary/aromatic N) is 2. The van der Waals surface area contributed by atoms with Gasteiger partial charge in [0.15, 0.2) is 0 Å². The topological polar surface area (TPSA) is 82.7 Å². The quantitative estimate of drug-likeness (QED) is 0.372. The van der Waals surface area contributed by atoms with E-state index in [9.17, 15) is 4.79 Å². The zero-order valence-corrected chi connectivity index (χ0v) is 16.8. The van der Waals surface area contributed by atoms with Gasteiger partial charge in [-0.1, -0.05) is 48.5 Å². The molecule has 0 saturated carbocycles. The predicted molar refractivity (Wildman–Crippen MR) is 120 cm³/mol. The van der Waals surface area contributed by atoms with Gasteiger partial charge in [-0.15, -0.1) is 0 Å². The lowest BCUT2D eigenvalue weighted by Crippen LogP contribution is -2.26. The Kier molecular flexibility index (Phi) is 6.35. The maximum atomic E-state index is 12.4. The highest BCUT2D eigenvalue weighted by molar-refractivity contribution is 5.92. The maximum Gasteiger partial charge on any atom is 0.270 e. The number of amides is 1. The monoisotopic (exact) mass is 399 g/mol. The second kappa shape index (κ2) is 9.69. The second-order valence-corrected chi connectivity index (χ2v) is 7.15. The number of para-hydroxylation sites is 1. The number of hydrogen-bond donors (Lipinski definition) is 3. The number of carbonyl (C=O) groups excluding carboxylic acids is 1. The van der Waals surface area contributed by atoms with Crippen molar-refractivity contribution in [3.05, 3.63) is 89.9 Å². The smallest absolute Gasteiger partial charge is 0.270 e. The van der Waals surface area contributed by atoms with Crippen LogP contribution in [0.5, 0.6) is 0 Å². The molecule has 4 aromatic rings. The average molecular weight is 399 g/mol. The summed E-state index contributed by atoms with van der Waals surface area (Å²) < 4.78 is 0. The lowest BCUT2D eigenvalue weighted by atomic mass is 10.1. The number of aromatic nitrogens is 3. The van der Waals surface area contributed by atoms with Crippen molar-refractivity contribution in [2.45, 2.75) is 19.3 Å². The van der Waals surface area contributed by atoms with Crippen LogP contribution < -0.4 is 10.6 Å². The van der Waals surface area contributed by atoms with E-state index in [-0.39, 0.29) is 5.91 Å². The van der Waals surface area contributed by atoms with Gasteiger partial charge in [0.1, 0.15) is 5.69 Å². The molecule has 0 aliphatic carbocycles. The van der Waals surface area contributed by atoms with Gasteiger partial charge in [-0.05, 0) is 42.5 Å². The van der Waals surface area contributed by atoms with Gasteiger partial charge < -0.3 is 15.6 Å². The Hall–Kier alpha value is -3.67. The molecule has 2 aromatic carbocycles. The van der Waals surface area contributed by atoms with Crippen molar-refractivity contribution < 1.29 is 4.79 Å². The van der Waals surface area contributed by atoms with E-state index >= 15 is 0 Å². The molecule has 6 nitrogen and oxygen atoms in total.